The molecule has 1 aromatic heterocycles. The van der Waals surface area contributed by atoms with Gasteiger partial charge in [-0.05, 0) is 51.8 Å². The van der Waals surface area contributed by atoms with Crippen LogP contribution in [0.3, 0.4) is 0 Å². The minimum Gasteiger partial charge on any atom is -0.370 e. The molecule has 0 aliphatic rings. The Balaban J connectivity index is 1.78. The van der Waals surface area contributed by atoms with Gasteiger partial charge in [0.25, 0.3) is 0 Å². The quantitative estimate of drug-likeness (QED) is 0.379. The van der Waals surface area contributed by atoms with Crippen LogP contribution in [0, 0.1) is 13.8 Å². The smallest absolute Gasteiger partial charge is 0.226 e. The molecule has 0 aliphatic heterocycles. The Morgan fingerprint density at radius 2 is 2.07 bits per heavy atom. The van der Waals surface area contributed by atoms with E-state index in [-0.39, 0.29) is 0 Å². The zero-order valence-corrected chi connectivity index (χ0v) is 17.0. The van der Waals surface area contributed by atoms with Crippen molar-refractivity contribution in [3.63, 3.8) is 0 Å². The molecule has 0 saturated carbocycles. The van der Waals surface area contributed by atoms with E-state index in [0.717, 1.165) is 45.0 Å². The summed E-state index contributed by atoms with van der Waals surface area (Å²) in [5, 5.41) is 10.5. The van der Waals surface area contributed by atoms with Crippen LogP contribution in [0.2, 0.25) is 0 Å². The zero-order valence-electron chi connectivity index (χ0n) is 17.0. The minimum atomic E-state index is 0.678. The number of nitrogens with zero attached hydrogens (tertiary/aromatic N) is 4. The molecule has 0 radical (unpaired) electrons. The van der Waals surface area contributed by atoms with Gasteiger partial charge in [0.15, 0.2) is 11.8 Å². The van der Waals surface area contributed by atoms with Crippen molar-refractivity contribution in [1.29, 1.82) is 0 Å². The minimum absolute atomic E-state index is 0.678. The number of hydrogen-bond acceptors (Lipinski definition) is 5. The lowest BCUT2D eigenvalue weighted by atomic mass is 10.2. The molecule has 0 fully saturated rings. The molecule has 0 saturated heterocycles. The number of aliphatic imine (C=N–C) groups is 1. The van der Waals surface area contributed by atoms with E-state index in [2.05, 4.69) is 75.7 Å². The maximum Gasteiger partial charge on any atom is 0.226 e. The number of anilines is 1. The van der Waals surface area contributed by atoms with E-state index in [9.17, 15) is 0 Å². The lowest BCUT2D eigenvalue weighted by Gasteiger charge is -2.24. The third-order valence-electron chi connectivity index (χ3n) is 4.16. The summed E-state index contributed by atoms with van der Waals surface area (Å²) >= 11 is 0. The van der Waals surface area contributed by atoms with Gasteiger partial charge in [0.2, 0.25) is 5.89 Å². The van der Waals surface area contributed by atoms with Gasteiger partial charge < -0.3 is 20.1 Å². The Labute approximate surface area is 162 Å². The largest absolute Gasteiger partial charge is 0.370 e. The predicted molar refractivity (Wildman–Crippen MR) is 110 cm³/mol. The van der Waals surface area contributed by atoms with Crippen molar-refractivity contribution < 1.29 is 4.52 Å². The number of aryl methyl sites for hydroxylation is 3. The summed E-state index contributed by atoms with van der Waals surface area (Å²) < 4.78 is 5.13. The SMILES string of the molecule is CCNC(=NCCCc1nc(C)no1)NCCN(CC)c1cccc(C)c1. The van der Waals surface area contributed by atoms with E-state index in [1.54, 1.807) is 0 Å². The monoisotopic (exact) mass is 372 g/mol. The number of aromatic nitrogens is 2. The fourth-order valence-corrected chi connectivity index (χ4v) is 2.81. The number of likely N-dealkylation sites (N-methyl/N-ethyl adjacent to an activating group) is 1. The number of guanidine groups is 1. The summed E-state index contributed by atoms with van der Waals surface area (Å²) in [6.45, 7) is 12.5. The average Bonchev–Trinajstić information content (AvgIpc) is 3.07. The third-order valence-corrected chi connectivity index (χ3v) is 4.16. The Hall–Kier alpha value is -2.57. The second-order valence-electron chi connectivity index (χ2n) is 6.44. The number of nitrogens with one attached hydrogen (secondary N) is 2. The van der Waals surface area contributed by atoms with Crippen molar-refractivity contribution in [3.05, 3.63) is 41.5 Å². The molecule has 0 spiro atoms. The highest BCUT2D eigenvalue weighted by atomic mass is 16.5. The summed E-state index contributed by atoms with van der Waals surface area (Å²) in [7, 11) is 0. The van der Waals surface area contributed by atoms with E-state index >= 15 is 0 Å². The van der Waals surface area contributed by atoms with Crippen LogP contribution in [0.25, 0.3) is 0 Å². The van der Waals surface area contributed by atoms with Crippen LogP contribution in [-0.4, -0.2) is 48.8 Å². The second kappa shape index (κ2) is 11.2. The number of benzene rings is 1. The highest BCUT2D eigenvalue weighted by Crippen LogP contribution is 2.14. The van der Waals surface area contributed by atoms with Gasteiger partial charge in [-0.3, -0.25) is 4.99 Å². The first-order chi connectivity index (χ1) is 13.1. The second-order valence-corrected chi connectivity index (χ2v) is 6.44. The maximum absolute atomic E-state index is 5.13. The molecule has 0 aliphatic carbocycles. The highest BCUT2D eigenvalue weighted by Gasteiger charge is 2.05. The van der Waals surface area contributed by atoms with Gasteiger partial charge in [0.05, 0.1) is 0 Å². The molecule has 2 aromatic rings. The van der Waals surface area contributed by atoms with E-state index in [1.807, 2.05) is 6.92 Å². The van der Waals surface area contributed by atoms with E-state index in [0.29, 0.717) is 18.3 Å². The van der Waals surface area contributed by atoms with Gasteiger partial charge in [-0.1, -0.05) is 17.3 Å². The topological polar surface area (TPSA) is 78.6 Å². The van der Waals surface area contributed by atoms with E-state index in [4.69, 9.17) is 4.52 Å². The van der Waals surface area contributed by atoms with Gasteiger partial charge in [-0.15, -0.1) is 0 Å². The molecule has 0 atom stereocenters. The van der Waals surface area contributed by atoms with Gasteiger partial charge in [0.1, 0.15) is 0 Å². The third kappa shape index (κ3) is 7.29. The maximum atomic E-state index is 5.13. The van der Waals surface area contributed by atoms with Crippen LogP contribution in [-0.2, 0) is 6.42 Å². The van der Waals surface area contributed by atoms with Crippen molar-refractivity contribution in [2.45, 2.75) is 40.5 Å². The van der Waals surface area contributed by atoms with Gasteiger partial charge in [0, 0.05) is 44.8 Å². The normalized spacial score (nSPS) is 11.5. The summed E-state index contributed by atoms with van der Waals surface area (Å²) in [4.78, 5) is 11.2. The molecular formula is C20H32N6O. The molecular weight excluding hydrogens is 340 g/mol. The van der Waals surface area contributed by atoms with E-state index < -0.39 is 0 Å². The first-order valence-corrected chi connectivity index (χ1v) is 9.75. The summed E-state index contributed by atoms with van der Waals surface area (Å²) in [6.07, 6.45) is 1.63. The molecule has 7 heteroatoms. The Morgan fingerprint density at radius 3 is 2.74 bits per heavy atom. The van der Waals surface area contributed by atoms with Crippen molar-refractivity contribution in [3.8, 4) is 0 Å². The van der Waals surface area contributed by atoms with E-state index in [1.165, 1.54) is 11.3 Å². The summed E-state index contributed by atoms with van der Waals surface area (Å²) in [5.41, 5.74) is 2.54. The molecule has 2 N–H and O–H groups in total. The van der Waals surface area contributed by atoms with Crippen LogP contribution in [0.15, 0.2) is 33.8 Å². The summed E-state index contributed by atoms with van der Waals surface area (Å²) in [6, 6.07) is 8.62. The lowest BCUT2D eigenvalue weighted by molar-refractivity contribution is 0.372. The van der Waals surface area contributed by atoms with Crippen molar-refractivity contribution >= 4 is 11.6 Å². The summed E-state index contributed by atoms with van der Waals surface area (Å²) in [5.74, 6) is 2.20. The van der Waals surface area contributed by atoms with Crippen LogP contribution >= 0.6 is 0 Å². The molecule has 0 amide bonds. The van der Waals surface area contributed by atoms with Gasteiger partial charge >= 0.3 is 0 Å². The predicted octanol–water partition coefficient (Wildman–Crippen LogP) is 2.70. The molecule has 1 heterocycles. The molecule has 148 valence electrons. The fourth-order valence-electron chi connectivity index (χ4n) is 2.81. The Kier molecular flexibility index (Phi) is 8.61. The Morgan fingerprint density at radius 1 is 1.22 bits per heavy atom. The van der Waals surface area contributed by atoms with Crippen LogP contribution in [0.1, 0.15) is 37.5 Å². The van der Waals surface area contributed by atoms with Crippen molar-refractivity contribution in [2.75, 3.05) is 37.6 Å². The first kappa shape index (κ1) is 20.7. The molecule has 0 unspecified atom stereocenters. The zero-order chi connectivity index (χ0) is 19.5. The van der Waals surface area contributed by atoms with Crippen molar-refractivity contribution in [2.24, 2.45) is 4.99 Å². The molecule has 0 bridgehead atoms. The van der Waals surface area contributed by atoms with Crippen molar-refractivity contribution in [1.82, 2.24) is 20.8 Å². The van der Waals surface area contributed by atoms with Gasteiger partial charge in [-0.25, -0.2) is 0 Å². The van der Waals surface area contributed by atoms with Crippen LogP contribution in [0.5, 0.6) is 0 Å². The molecule has 1 aromatic carbocycles. The first-order valence-electron chi connectivity index (χ1n) is 9.75. The van der Waals surface area contributed by atoms with Crippen LogP contribution < -0.4 is 15.5 Å². The molecule has 27 heavy (non-hydrogen) atoms. The average molecular weight is 373 g/mol. The van der Waals surface area contributed by atoms with Gasteiger partial charge in [-0.2, -0.15) is 4.98 Å². The highest BCUT2D eigenvalue weighted by molar-refractivity contribution is 5.79. The van der Waals surface area contributed by atoms with Crippen LogP contribution in [0.4, 0.5) is 5.69 Å². The number of rotatable bonds is 10. The lowest BCUT2D eigenvalue weighted by Crippen LogP contribution is -2.41. The molecule has 2 rings (SSSR count). The molecule has 7 nitrogen and oxygen atoms in total. The standard InChI is InChI=1S/C20H32N6O/c1-5-21-20(22-12-8-11-19-24-17(4)25-27-19)23-13-14-26(6-2)18-10-7-9-16(3)15-18/h7,9-10,15H,5-6,8,11-14H2,1-4H3,(H2,21,22,23). The fraction of sp³-hybridized carbons (Fsp3) is 0.550. The Bertz CT molecular complexity index is 712. The number of hydrogen-bond donors (Lipinski definition) is 2.